The minimum Gasteiger partial charge on any atom is -0.389 e. The second-order valence-electron chi connectivity index (χ2n) is 4.79. The zero-order valence-electron chi connectivity index (χ0n) is 11.3. The van der Waals surface area contributed by atoms with E-state index in [4.69, 9.17) is 4.74 Å². The van der Waals surface area contributed by atoms with Crippen molar-refractivity contribution < 1.29 is 9.84 Å². The molecule has 0 aliphatic heterocycles. The molecule has 2 atom stereocenters. The first-order valence-electron chi connectivity index (χ1n) is 6.14. The van der Waals surface area contributed by atoms with Crippen molar-refractivity contribution in [3.63, 3.8) is 0 Å². The van der Waals surface area contributed by atoms with E-state index in [1.807, 2.05) is 13.1 Å². The average molecular weight is 316 g/mol. The Kier molecular flexibility index (Phi) is 6.86. The lowest BCUT2D eigenvalue weighted by Crippen LogP contribution is -2.34. The van der Waals surface area contributed by atoms with Crippen molar-refractivity contribution in [2.24, 2.45) is 0 Å². The summed E-state index contributed by atoms with van der Waals surface area (Å²) in [5, 5.41) is 9.67. The summed E-state index contributed by atoms with van der Waals surface area (Å²) in [5.41, 5.74) is 1.30. The predicted molar refractivity (Wildman–Crippen MR) is 77.9 cm³/mol. The normalized spacial score (nSPS) is 14.8. The van der Waals surface area contributed by atoms with E-state index < -0.39 is 6.10 Å². The predicted octanol–water partition coefficient (Wildman–Crippen LogP) is 2.49. The summed E-state index contributed by atoms with van der Waals surface area (Å²) in [5.74, 6) is 0.433. The number of ether oxygens (including phenoxy) is 1. The van der Waals surface area contributed by atoms with Crippen LogP contribution in [0.25, 0.3) is 0 Å². The van der Waals surface area contributed by atoms with Gasteiger partial charge < -0.3 is 14.7 Å². The molecule has 2 unspecified atom stereocenters. The molecule has 102 valence electrons. The van der Waals surface area contributed by atoms with Gasteiger partial charge in [0, 0.05) is 24.7 Å². The van der Waals surface area contributed by atoms with Gasteiger partial charge in [0.2, 0.25) is 0 Å². The van der Waals surface area contributed by atoms with Crippen LogP contribution in [0.1, 0.15) is 18.4 Å². The largest absolute Gasteiger partial charge is 0.389 e. The quantitative estimate of drug-likeness (QED) is 0.839. The second-order valence-corrected chi connectivity index (χ2v) is 5.70. The number of rotatable bonds is 7. The molecule has 0 heterocycles. The fourth-order valence-electron chi connectivity index (χ4n) is 2.07. The fraction of sp³-hybridized carbons (Fsp3) is 0.571. The maximum atomic E-state index is 9.67. The van der Waals surface area contributed by atoms with Crippen LogP contribution in [0, 0.1) is 0 Å². The van der Waals surface area contributed by atoms with Gasteiger partial charge in [0.05, 0.1) is 12.7 Å². The highest BCUT2D eigenvalue weighted by atomic mass is 79.9. The van der Waals surface area contributed by atoms with Gasteiger partial charge in [-0.3, -0.25) is 0 Å². The summed E-state index contributed by atoms with van der Waals surface area (Å²) >= 11 is 3.49. The number of benzene rings is 1. The van der Waals surface area contributed by atoms with E-state index in [1.54, 1.807) is 7.11 Å². The van der Waals surface area contributed by atoms with Gasteiger partial charge in [0.1, 0.15) is 0 Å². The van der Waals surface area contributed by atoms with Crippen LogP contribution in [0.4, 0.5) is 0 Å². The number of halogens is 1. The lowest BCUT2D eigenvalue weighted by molar-refractivity contribution is 0.0424. The molecule has 1 rings (SSSR count). The summed E-state index contributed by atoms with van der Waals surface area (Å²) in [6, 6.07) is 8.36. The van der Waals surface area contributed by atoms with Gasteiger partial charge in [-0.1, -0.05) is 35.0 Å². The number of methoxy groups -OCH3 is 1. The van der Waals surface area contributed by atoms with Crippen LogP contribution in [-0.2, 0) is 4.74 Å². The van der Waals surface area contributed by atoms with Crippen LogP contribution >= 0.6 is 15.9 Å². The Morgan fingerprint density at radius 3 is 2.72 bits per heavy atom. The molecule has 1 aromatic carbocycles. The molecule has 0 bridgehead atoms. The number of nitrogens with zero attached hydrogens (tertiary/aromatic N) is 1. The van der Waals surface area contributed by atoms with E-state index in [-0.39, 0.29) is 0 Å². The Hall–Kier alpha value is -0.420. The molecule has 3 nitrogen and oxygen atoms in total. The van der Waals surface area contributed by atoms with Gasteiger partial charge in [0.15, 0.2) is 0 Å². The number of likely N-dealkylation sites (N-methyl/N-ethyl adjacent to an activating group) is 1. The van der Waals surface area contributed by atoms with Crippen LogP contribution in [0.2, 0.25) is 0 Å². The lowest BCUT2D eigenvalue weighted by Gasteiger charge is -2.24. The summed E-state index contributed by atoms with van der Waals surface area (Å²) in [6.45, 7) is 4.12. The molecule has 0 aliphatic carbocycles. The van der Waals surface area contributed by atoms with Gasteiger partial charge in [-0.25, -0.2) is 0 Å². The Balaban J connectivity index is 2.46. The molecular weight excluding hydrogens is 294 g/mol. The van der Waals surface area contributed by atoms with Gasteiger partial charge >= 0.3 is 0 Å². The van der Waals surface area contributed by atoms with E-state index >= 15 is 0 Å². The second kappa shape index (κ2) is 7.89. The van der Waals surface area contributed by atoms with Crippen molar-refractivity contribution in [3.05, 3.63) is 34.3 Å². The van der Waals surface area contributed by atoms with Crippen molar-refractivity contribution >= 4 is 15.9 Å². The van der Waals surface area contributed by atoms with Crippen LogP contribution in [0.3, 0.4) is 0 Å². The highest BCUT2D eigenvalue weighted by Gasteiger charge is 2.12. The van der Waals surface area contributed by atoms with Gasteiger partial charge in [-0.15, -0.1) is 0 Å². The number of hydrogen-bond acceptors (Lipinski definition) is 3. The smallest absolute Gasteiger partial charge is 0.0899 e. The highest BCUT2D eigenvalue weighted by Crippen LogP contribution is 2.20. The standard InChI is InChI=1S/C14H22BrNO2/c1-11(12-5-4-6-13(15)7-12)8-16(2)9-14(17)10-18-3/h4-7,11,14,17H,8-10H2,1-3H3. The van der Waals surface area contributed by atoms with Gasteiger partial charge in [-0.2, -0.15) is 0 Å². The molecular formula is C14H22BrNO2. The molecule has 0 saturated heterocycles. The van der Waals surface area contributed by atoms with E-state index in [0.717, 1.165) is 11.0 Å². The Morgan fingerprint density at radius 1 is 1.39 bits per heavy atom. The van der Waals surface area contributed by atoms with E-state index in [0.29, 0.717) is 19.1 Å². The third-order valence-corrected chi connectivity index (χ3v) is 3.38. The fourth-order valence-corrected chi connectivity index (χ4v) is 2.48. The van der Waals surface area contributed by atoms with Gasteiger partial charge in [0.25, 0.3) is 0 Å². The van der Waals surface area contributed by atoms with Crippen molar-refractivity contribution in [1.29, 1.82) is 0 Å². The molecule has 0 aliphatic rings. The molecule has 4 heteroatoms. The first-order chi connectivity index (χ1) is 8.52. The SMILES string of the molecule is COCC(O)CN(C)CC(C)c1cccc(Br)c1. The molecule has 1 N–H and O–H groups in total. The third kappa shape index (κ3) is 5.48. The zero-order valence-corrected chi connectivity index (χ0v) is 12.9. The van der Waals surface area contributed by atoms with Crippen LogP contribution < -0.4 is 0 Å². The Bertz CT molecular complexity index is 359. The third-order valence-electron chi connectivity index (χ3n) is 2.88. The number of hydrogen-bond donors (Lipinski definition) is 1. The Morgan fingerprint density at radius 2 is 2.11 bits per heavy atom. The van der Waals surface area contributed by atoms with Crippen molar-refractivity contribution in [1.82, 2.24) is 4.90 Å². The molecule has 0 radical (unpaired) electrons. The van der Waals surface area contributed by atoms with E-state index in [9.17, 15) is 5.11 Å². The number of aliphatic hydroxyl groups excluding tert-OH is 1. The summed E-state index contributed by atoms with van der Waals surface area (Å²) < 4.78 is 6.03. The number of aliphatic hydroxyl groups is 1. The van der Waals surface area contributed by atoms with Crippen LogP contribution in [0.15, 0.2) is 28.7 Å². The Labute approximate surface area is 118 Å². The average Bonchev–Trinajstić information content (AvgIpc) is 2.28. The molecule has 0 fully saturated rings. The van der Waals surface area contributed by atoms with Crippen molar-refractivity contribution in [3.8, 4) is 0 Å². The molecule has 1 aromatic rings. The minimum absolute atomic E-state index is 0.385. The van der Waals surface area contributed by atoms with Crippen LogP contribution in [-0.4, -0.2) is 50.0 Å². The molecule has 0 saturated carbocycles. The molecule has 18 heavy (non-hydrogen) atoms. The van der Waals surface area contributed by atoms with E-state index in [2.05, 4.69) is 46.0 Å². The minimum atomic E-state index is -0.422. The first kappa shape index (κ1) is 15.6. The maximum Gasteiger partial charge on any atom is 0.0899 e. The van der Waals surface area contributed by atoms with Crippen molar-refractivity contribution in [2.45, 2.75) is 18.9 Å². The monoisotopic (exact) mass is 315 g/mol. The molecule has 0 spiro atoms. The summed E-state index contributed by atoms with van der Waals surface area (Å²) in [4.78, 5) is 2.13. The summed E-state index contributed by atoms with van der Waals surface area (Å²) in [7, 11) is 3.63. The highest BCUT2D eigenvalue weighted by molar-refractivity contribution is 9.10. The maximum absolute atomic E-state index is 9.67. The zero-order chi connectivity index (χ0) is 13.5. The van der Waals surface area contributed by atoms with Crippen molar-refractivity contribution in [2.75, 3.05) is 33.9 Å². The molecule has 0 aromatic heterocycles. The topological polar surface area (TPSA) is 32.7 Å². The first-order valence-corrected chi connectivity index (χ1v) is 6.93. The lowest BCUT2D eigenvalue weighted by atomic mass is 10.0. The molecule has 0 amide bonds. The van der Waals surface area contributed by atoms with E-state index in [1.165, 1.54) is 5.56 Å². The van der Waals surface area contributed by atoms with Gasteiger partial charge in [-0.05, 0) is 30.7 Å². The van der Waals surface area contributed by atoms with Crippen LogP contribution in [0.5, 0.6) is 0 Å². The summed E-state index contributed by atoms with van der Waals surface area (Å²) in [6.07, 6.45) is -0.422.